The highest BCUT2D eigenvalue weighted by Gasteiger charge is 2.08. The molecule has 0 bridgehead atoms. The first-order valence-electron chi connectivity index (χ1n) is 7.79. The fourth-order valence-electron chi connectivity index (χ4n) is 2.62. The van der Waals surface area contributed by atoms with Crippen LogP contribution in [-0.4, -0.2) is 14.6 Å². The molecule has 0 spiro atoms. The normalized spacial score (nSPS) is 11.0. The molecule has 2 heterocycles. The summed E-state index contributed by atoms with van der Waals surface area (Å²) >= 11 is 12.0. The van der Waals surface area contributed by atoms with Crippen molar-refractivity contribution in [3.8, 4) is 11.3 Å². The topological polar surface area (TPSA) is 42.2 Å². The van der Waals surface area contributed by atoms with E-state index in [1.165, 1.54) is 0 Å². The van der Waals surface area contributed by atoms with Crippen LogP contribution in [0.4, 0.5) is 5.82 Å². The Labute approximate surface area is 155 Å². The van der Waals surface area contributed by atoms with Gasteiger partial charge >= 0.3 is 0 Å². The quantitative estimate of drug-likeness (QED) is 0.530. The average Bonchev–Trinajstić information content (AvgIpc) is 3.06. The van der Waals surface area contributed by atoms with E-state index in [-0.39, 0.29) is 0 Å². The summed E-state index contributed by atoms with van der Waals surface area (Å²) in [6.07, 6.45) is 1.83. The third-order valence-corrected chi connectivity index (χ3v) is 4.63. The van der Waals surface area contributed by atoms with Gasteiger partial charge in [0.25, 0.3) is 0 Å². The van der Waals surface area contributed by atoms with Gasteiger partial charge in [-0.2, -0.15) is 0 Å². The molecule has 4 nitrogen and oxygen atoms in total. The van der Waals surface area contributed by atoms with Crippen LogP contribution in [0.5, 0.6) is 0 Å². The van der Waals surface area contributed by atoms with E-state index in [0.717, 1.165) is 28.3 Å². The van der Waals surface area contributed by atoms with Gasteiger partial charge in [0.15, 0.2) is 5.65 Å². The number of hydrogen-bond acceptors (Lipinski definition) is 3. The number of hydrogen-bond donors (Lipinski definition) is 1. The smallest absolute Gasteiger partial charge is 0.154 e. The van der Waals surface area contributed by atoms with E-state index >= 15 is 0 Å². The summed E-state index contributed by atoms with van der Waals surface area (Å²) in [6, 6.07) is 19.5. The minimum Gasteiger partial charge on any atom is -0.365 e. The number of aromatic nitrogens is 3. The molecule has 1 N–H and O–H groups in total. The Morgan fingerprint density at radius 2 is 1.76 bits per heavy atom. The molecule has 0 amide bonds. The van der Waals surface area contributed by atoms with Gasteiger partial charge in [-0.3, -0.25) is 0 Å². The zero-order valence-corrected chi connectivity index (χ0v) is 14.7. The zero-order chi connectivity index (χ0) is 17.2. The molecule has 6 heteroatoms. The molecule has 4 aromatic rings. The summed E-state index contributed by atoms with van der Waals surface area (Å²) in [5.41, 5.74) is 3.86. The van der Waals surface area contributed by atoms with Crippen molar-refractivity contribution in [2.45, 2.75) is 6.54 Å². The average molecular weight is 369 g/mol. The van der Waals surface area contributed by atoms with E-state index in [9.17, 15) is 0 Å². The molecule has 0 atom stereocenters. The van der Waals surface area contributed by atoms with E-state index in [0.29, 0.717) is 16.6 Å². The maximum Gasteiger partial charge on any atom is 0.154 e. The fraction of sp³-hybridized carbons (Fsp3) is 0.0526. The lowest BCUT2D eigenvalue weighted by Gasteiger charge is -2.08. The van der Waals surface area contributed by atoms with Gasteiger partial charge in [-0.1, -0.05) is 59.6 Å². The molecule has 2 aromatic carbocycles. The van der Waals surface area contributed by atoms with Gasteiger partial charge in [0, 0.05) is 12.1 Å². The van der Waals surface area contributed by atoms with E-state index in [2.05, 4.69) is 15.4 Å². The van der Waals surface area contributed by atoms with Gasteiger partial charge in [-0.25, -0.2) is 9.50 Å². The molecular weight excluding hydrogens is 355 g/mol. The molecule has 0 radical (unpaired) electrons. The van der Waals surface area contributed by atoms with Crippen molar-refractivity contribution in [2.75, 3.05) is 5.32 Å². The zero-order valence-electron chi connectivity index (χ0n) is 13.2. The second-order valence-electron chi connectivity index (χ2n) is 5.60. The van der Waals surface area contributed by atoms with Crippen molar-refractivity contribution in [2.24, 2.45) is 0 Å². The minimum absolute atomic E-state index is 0.547. The Hall–Kier alpha value is -2.56. The Morgan fingerprint density at radius 3 is 2.56 bits per heavy atom. The SMILES string of the molecule is Clc1ccc(CNc2ccc3ncc(-c4ccccc4)n3n2)cc1Cl. The van der Waals surface area contributed by atoms with Crippen LogP contribution in [-0.2, 0) is 6.54 Å². The van der Waals surface area contributed by atoms with Gasteiger partial charge < -0.3 is 5.32 Å². The highest BCUT2D eigenvalue weighted by atomic mass is 35.5. The number of rotatable bonds is 4. The molecule has 0 saturated heterocycles. The minimum atomic E-state index is 0.547. The number of fused-ring (bicyclic) bond motifs is 1. The van der Waals surface area contributed by atoms with Gasteiger partial charge in [-0.05, 0) is 29.8 Å². The predicted molar refractivity (Wildman–Crippen MR) is 102 cm³/mol. The van der Waals surface area contributed by atoms with E-state index in [4.69, 9.17) is 23.2 Å². The lowest BCUT2D eigenvalue weighted by molar-refractivity contribution is 0.931. The lowest BCUT2D eigenvalue weighted by Crippen LogP contribution is -2.04. The summed E-state index contributed by atoms with van der Waals surface area (Å²) in [6.45, 7) is 0.602. The van der Waals surface area contributed by atoms with Crippen LogP contribution < -0.4 is 5.32 Å². The second-order valence-corrected chi connectivity index (χ2v) is 6.41. The Morgan fingerprint density at radius 1 is 0.920 bits per heavy atom. The van der Waals surface area contributed by atoms with Gasteiger partial charge in [0.05, 0.1) is 21.9 Å². The summed E-state index contributed by atoms with van der Waals surface area (Å²) in [5.74, 6) is 0.758. The van der Waals surface area contributed by atoms with Crippen LogP contribution in [0, 0.1) is 0 Å². The first-order chi connectivity index (χ1) is 12.2. The van der Waals surface area contributed by atoms with Crippen molar-refractivity contribution in [1.82, 2.24) is 14.6 Å². The van der Waals surface area contributed by atoms with Crippen LogP contribution in [0.2, 0.25) is 10.0 Å². The van der Waals surface area contributed by atoms with Gasteiger partial charge in [-0.15, -0.1) is 5.10 Å². The number of halogens is 2. The first-order valence-corrected chi connectivity index (χ1v) is 8.54. The molecule has 0 unspecified atom stereocenters. The van der Waals surface area contributed by atoms with Crippen LogP contribution >= 0.6 is 23.2 Å². The van der Waals surface area contributed by atoms with Crippen molar-refractivity contribution in [3.05, 3.63) is 82.5 Å². The maximum atomic E-state index is 6.06. The van der Waals surface area contributed by atoms with Crippen molar-refractivity contribution < 1.29 is 0 Å². The van der Waals surface area contributed by atoms with Crippen LogP contribution in [0.3, 0.4) is 0 Å². The molecular formula is C19H14Cl2N4. The highest BCUT2D eigenvalue weighted by molar-refractivity contribution is 6.42. The fourth-order valence-corrected chi connectivity index (χ4v) is 2.94. The number of anilines is 1. The predicted octanol–water partition coefficient (Wildman–Crippen LogP) is 5.32. The molecule has 2 aromatic heterocycles. The van der Waals surface area contributed by atoms with Crippen molar-refractivity contribution in [3.63, 3.8) is 0 Å². The maximum absolute atomic E-state index is 6.06. The van der Waals surface area contributed by atoms with Crippen molar-refractivity contribution >= 4 is 34.7 Å². The molecule has 0 aliphatic carbocycles. The van der Waals surface area contributed by atoms with Crippen molar-refractivity contribution in [1.29, 1.82) is 0 Å². The summed E-state index contributed by atoms with van der Waals surface area (Å²) in [7, 11) is 0. The molecule has 0 fully saturated rings. The van der Waals surface area contributed by atoms with E-state index in [1.807, 2.05) is 65.3 Å². The second kappa shape index (κ2) is 6.75. The lowest BCUT2D eigenvalue weighted by atomic mass is 10.2. The molecule has 0 saturated carbocycles. The third-order valence-electron chi connectivity index (χ3n) is 3.89. The van der Waals surface area contributed by atoms with Gasteiger partial charge in [0.2, 0.25) is 0 Å². The Kier molecular flexibility index (Phi) is 4.30. The summed E-state index contributed by atoms with van der Waals surface area (Å²) in [4.78, 5) is 4.42. The molecule has 0 aliphatic heterocycles. The molecule has 4 rings (SSSR count). The number of nitrogens with zero attached hydrogens (tertiary/aromatic N) is 3. The van der Waals surface area contributed by atoms with Gasteiger partial charge in [0.1, 0.15) is 5.82 Å². The first kappa shape index (κ1) is 15.9. The number of imidazole rings is 1. The summed E-state index contributed by atoms with van der Waals surface area (Å²) < 4.78 is 1.84. The summed E-state index contributed by atoms with van der Waals surface area (Å²) in [5, 5.41) is 9.06. The number of benzene rings is 2. The molecule has 124 valence electrons. The Balaban J connectivity index is 1.61. The van der Waals surface area contributed by atoms with E-state index < -0.39 is 0 Å². The number of nitrogens with one attached hydrogen (secondary N) is 1. The highest BCUT2D eigenvalue weighted by Crippen LogP contribution is 2.23. The van der Waals surface area contributed by atoms with E-state index in [1.54, 1.807) is 6.07 Å². The van der Waals surface area contributed by atoms with Crippen LogP contribution in [0.1, 0.15) is 5.56 Å². The third kappa shape index (κ3) is 3.31. The largest absolute Gasteiger partial charge is 0.365 e. The standard InChI is InChI=1S/C19H14Cl2N4/c20-15-7-6-13(10-16(15)21)11-22-18-8-9-19-23-12-17(25(19)24-18)14-4-2-1-3-5-14/h1-10,12H,11H2,(H,22,24). The molecule has 0 aliphatic rings. The van der Waals surface area contributed by atoms with Crippen LogP contribution in [0.15, 0.2) is 66.9 Å². The van der Waals surface area contributed by atoms with Crippen LogP contribution in [0.25, 0.3) is 16.9 Å². The monoisotopic (exact) mass is 368 g/mol. The Bertz CT molecular complexity index is 1030. The molecule has 25 heavy (non-hydrogen) atoms.